The van der Waals surface area contributed by atoms with Crippen LogP contribution in [-0.2, 0) is 9.84 Å². The summed E-state index contributed by atoms with van der Waals surface area (Å²) in [5.74, 6) is 0.158. The molecule has 4 atom stereocenters. The Kier molecular flexibility index (Phi) is 11.3. The summed E-state index contributed by atoms with van der Waals surface area (Å²) in [6, 6.07) is 14.9. The third kappa shape index (κ3) is 7.54. The molecule has 56 heavy (non-hydrogen) atoms. The Morgan fingerprint density at radius 1 is 1.05 bits per heavy atom. The maximum Gasteiger partial charge on any atom is 0.293 e. The van der Waals surface area contributed by atoms with Crippen molar-refractivity contribution in [3.63, 3.8) is 0 Å². The molecule has 4 N–H and O–H groups in total. The molecule has 0 unspecified atom stereocenters. The monoisotopic (exact) mass is 786 g/mol. The van der Waals surface area contributed by atoms with E-state index in [2.05, 4.69) is 58.2 Å². The van der Waals surface area contributed by atoms with Crippen LogP contribution in [0.1, 0.15) is 125 Å². The van der Waals surface area contributed by atoms with Gasteiger partial charge in [-0.25, -0.2) is 8.42 Å². The van der Waals surface area contributed by atoms with Crippen LogP contribution >= 0.6 is 0 Å². The number of amides is 1. The highest BCUT2D eigenvalue weighted by atomic mass is 32.2. The number of aromatic nitrogens is 1. The fourth-order valence-electron chi connectivity index (χ4n) is 10.5. The van der Waals surface area contributed by atoms with Crippen LogP contribution in [0.5, 0.6) is 0 Å². The summed E-state index contributed by atoms with van der Waals surface area (Å²) in [7, 11) is -4.03. The van der Waals surface area contributed by atoms with E-state index < -0.39 is 36.9 Å². The van der Waals surface area contributed by atoms with Crippen molar-refractivity contribution in [2.24, 2.45) is 23.0 Å². The number of nitrogens with two attached hydrogens (primary N) is 1. The number of carbonyl (C=O) groups excluding carboxylic acids is 1. The topological polar surface area (TPSA) is 172 Å². The normalized spacial score (nSPS) is 27.3. The van der Waals surface area contributed by atoms with Crippen molar-refractivity contribution in [1.82, 2.24) is 9.88 Å². The molecule has 1 aromatic heterocycles. The number of nitrogens with zero attached hydrogens (tertiary/aromatic N) is 4. The maximum absolute atomic E-state index is 15.0. The molecule has 12 nitrogen and oxygen atoms in total. The summed E-state index contributed by atoms with van der Waals surface area (Å²) >= 11 is 0. The average molecular weight is 787 g/mol. The Labute approximate surface area is 331 Å². The molecule has 1 spiro atoms. The Balaban J connectivity index is 1.22. The van der Waals surface area contributed by atoms with E-state index in [-0.39, 0.29) is 40.3 Å². The fraction of sp³-hybridized carbons (Fsp3) is 0.581. The number of nitro groups is 1. The molecule has 2 saturated carbocycles. The van der Waals surface area contributed by atoms with Crippen LogP contribution < -0.4 is 16.0 Å². The number of nitro benzene ring substituents is 1. The number of carbonyl (C=O) groups is 1. The van der Waals surface area contributed by atoms with Gasteiger partial charge in [-0.3, -0.25) is 24.8 Å². The van der Waals surface area contributed by atoms with Crippen LogP contribution in [-0.4, -0.2) is 70.9 Å². The average Bonchev–Trinajstić information content (AvgIpc) is 3.66. The molecule has 0 bridgehead atoms. The van der Waals surface area contributed by atoms with Gasteiger partial charge in [0, 0.05) is 44.1 Å². The highest BCUT2D eigenvalue weighted by molar-refractivity contribution is 7.92. The first-order chi connectivity index (χ1) is 26.6. The number of piperidine rings is 1. The second-order valence-electron chi connectivity index (χ2n) is 17.7. The van der Waals surface area contributed by atoms with Crippen molar-refractivity contribution in [2.75, 3.05) is 29.9 Å². The van der Waals surface area contributed by atoms with Crippen molar-refractivity contribution >= 4 is 32.8 Å². The second-order valence-corrected chi connectivity index (χ2v) is 19.8. The lowest BCUT2D eigenvalue weighted by Gasteiger charge is -2.58. The van der Waals surface area contributed by atoms with E-state index in [0.29, 0.717) is 49.5 Å². The maximum atomic E-state index is 15.0. The predicted octanol–water partition coefficient (Wildman–Crippen LogP) is 7.59. The zero-order valence-electron chi connectivity index (χ0n) is 33.2. The molecule has 302 valence electrons. The minimum atomic E-state index is -4.03. The molecule has 4 fully saturated rings. The quantitative estimate of drug-likeness (QED) is 0.123. The number of rotatable bonds is 12. The number of para-hydroxylation sites is 1. The van der Waals surface area contributed by atoms with Crippen LogP contribution in [0.15, 0.2) is 65.8 Å². The number of aliphatic hydroxyl groups is 1. The molecule has 3 heterocycles. The van der Waals surface area contributed by atoms with Gasteiger partial charge in [-0.15, -0.1) is 0 Å². The van der Waals surface area contributed by atoms with Crippen molar-refractivity contribution in [2.45, 2.75) is 126 Å². The molecule has 2 aliphatic carbocycles. The zero-order valence-corrected chi connectivity index (χ0v) is 34.0. The number of hydrogen-bond acceptors (Lipinski definition) is 10. The van der Waals surface area contributed by atoms with Crippen LogP contribution in [0.25, 0.3) is 0 Å². The number of primary amides is 1. The third-order valence-corrected chi connectivity index (χ3v) is 16.1. The standard InChI is InChI=1S/C43H58N6O6S/c1-28(2)31-9-5-6-10-32(31)34-12-8-23-47(34)39-25-43(21-24-48(39)35-19-22-45-27-33(35)41(44)50)20-18-38(43)56(54,55)37-13-7-11-36(49(52)53)40(37)46-26-29-14-16-30(17-15-29)42(3,4)51/h5-7,9-11,13,19,22,27-30,34,38-39,46,51H,8,12,14-18,20-21,23-26H2,1-4H3,(H2,44,50)/t29?,30?,34-,38-,39-,43-/m1/s1. The SMILES string of the molecule is CC(C)c1ccccc1[C@H]1CCCN1[C@H]1C[C@@]2(CC[C@H]2S(=O)(=O)c2cccc([N+](=O)[O-])c2NCC2CCC(C(C)(C)O)CC2)CCN1c1ccncc1C(N)=O. The summed E-state index contributed by atoms with van der Waals surface area (Å²) in [6.07, 6.45) is 10.6. The van der Waals surface area contributed by atoms with E-state index in [1.165, 1.54) is 35.5 Å². The second kappa shape index (κ2) is 15.7. The van der Waals surface area contributed by atoms with E-state index >= 15 is 8.42 Å². The molecule has 0 radical (unpaired) electrons. The first kappa shape index (κ1) is 40.1. The molecule has 1 amide bonds. The van der Waals surface area contributed by atoms with E-state index in [1.807, 2.05) is 19.9 Å². The Morgan fingerprint density at radius 3 is 2.46 bits per heavy atom. The summed E-state index contributed by atoms with van der Waals surface area (Å²) < 4.78 is 30.1. The number of sulfone groups is 1. The Morgan fingerprint density at radius 2 is 1.80 bits per heavy atom. The number of benzene rings is 2. The van der Waals surface area contributed by atoms with Gasteiger partial charge in [0.1, 0.15) is 5.69 Å². The van der Waals surface area contributed by atoms with E-state index in [9.17, 15) is 20.0 Å². The largest absolute Gasteiger partial charge is 0.390 e. The summed E-state index contributed by atoms with van der Waals surface area (Å²) in [5.41, 5.74) is 8.03. The van der Waals surface area contributed by atoms with Crippen LogP contribution in [0, 0.1) is 27.4 Å². The van der Waals surface area contributed by atoms with Crippen molar-refractivity contribution in [1.29, 1.82) is 0 Å². The first-order valence-electron chi connectivity index (χ1n) is 20.4. The van der Waals surface area contributed by atoms with Gasteiger partial charge >= 0.3 is 0 Å². The van der Waals surface area contributed by atoms with E-state index in [4.69, 9.17) is 5.73 Å². The van der Waals surface area contributed by atoms with Gasteiger partial charge in [0.25, 0.3) is 11.6 Å². The molecule has 3 aromatic rings. The molecule has 2 saturated heterocycles. The summed E-state index contributed by atoms with van der Waals surface area (Å²) in [5, 5.41) is 25.5. The number of pyridine rings is 1. The van der Waals surface area contributed by atoms with Crippen molar-refractivity contribution in [3.8, 4) is 0 Å². The lowest BCUT2D eigenvalue weighted by molar-refractivity contribution is -0.384. The van der Waals surface area contributed by atoms with Gasteiger partial charge in [0.2, 0.25) is 0 Å². The minimum absolute atomic E-state index is 0.00464. The molecule has 2 aromatic carbocycles. The lowest BCUT2D eigenvalue weighted by atomic mass is 9.61. The number of hydrogen-bond donors (Lipinski definition) is 3. The molecule has 2 aliphatic heterocycles. The lowest BCUT2D eigenvalue weighted by Crippen LogP contribution is -2.62. The van der Waals surface area contributed by atoms with E-state index in [0.717, 1.165) is 51.5 Å². The Hall–Kier alpha value is -4.07. The molecule has 4 aliphatic rings. The van der Waals surface area contributed by atoms with Gasteiger partial charge in [-0.05, 0) is 124 Å². The van der Waals surface area contributed by atoms with Crippen molar-refractivity contribution < 1.29 is 23.2 Å². The zero-order chi connectivity index (χ0) is 40.0. The van der Waals surface area contributed by atoms with E-state index in [1.54, 1.807) is 6.20 Å². The van der Waals surface area contributed by atoms with Crippen LogP contribution in [0.4, 0.5) is 17.1 Å². The fourth-order valence-corrected chi connectivity index (χ4v) is 13.0. The highest BCUT2D eigenvalue weighted by Gasteiger charge is 2.58. The molecule has 13 heteroatoms. The Bertz CT molecular complexity index is 2040. The molecular weight excluding hydrogens is 729 g/mol. The number of nitrogens with one attached hydrogen (secondary N) is 1. The van der Waals surface area contributed by atoms with Gasteiger partial charge in [-0.1, -0.05) is 44.2 Å². The van der Waals surface area contributed by atoms with Crippen molar-refractivity contribution in [3.05, 3.63) is 87.7 Å². The van der Waals surface area contributed by atoms with Gasteiger partial charge in [0.05, 0.1) is 38.1 Å². The summed E-state index contributed by atoms with van der Waals surface area (Å²) in [6.45, 7) is 9.85. The molecule has 7 rings (SSSR count). The molecular formula is C43H58N6O6S. The van der Waals surface area contributed by atoms with Crippen LogP contribution in [0.2, 0.25) is 0 Å². The van der Waals surface area contributed by atoms with Crippen LogP contribution in [0.3, 0.4) is 0 Å². The third-order valence-electron chi connectivity index (χ3n) is 13.7. The summed E-state index contributed by atoms with van der Waals surface area (Å²) in [4.78, 5) is 33.6. The number of likely N-dealkylation sites (tertiary alicyclic amines) is 1. The first-order valence-corrected chi connectivity index (χ1v) is 22.0. The van der Waals surface area contributed by atoms with Gasteiger partial charge < -0.3 is 21.1 Å². The minimum Gasteiger partial charge on any atom is -0.390 e. The number of anilines is 2. The highest BCUT2D eigenvalue weighted by Crippen LogP contribution is 2.58. The predicted molar refractivity (Wildman–Crippen MR) is 218 cm³/mol. The van der Waals surface area contributed by atoms with Gasteiger partial charge in [0.15, 0.2) is 9.84 Å². The van der Waals surface area contributed by atoms with Gasteiger partial charge in [-0.2, -0.15) is 0 Å². The smallest absolute Gasteiger partial charge is 0.293 e.